The molecule has 3 N–H and O–H groups in total. The van der Waals surface area contributed by atoms with Crippen molar-refractivity contribution in [3.8, 4) is 0 Å². The van der Waals surface area contributed by atoms with Crippen LogP contribution in [0.15, 0.2) is 0 Å². The van der Waals surface area contributed by atoms with E-state index >= 15 is 0 Å². The topological polar surface area (TPSA) is 237 Å². The van der Waals surface area contributed by atoms with Crippen LogP contribution in [0.1, 0.15) is 439 Å². The summed E-state index contributed by atoms with van der Waals surface area (Å²) in [7, 11) is -9.91. The molecule has 0 aliphatic rings. The standard InChI is InChI=1S/C82H160O17P2/c1-6-10-13-16-18-20-22-24-26-27-28-32-36-39-43-47-51-56-61-66-80(85)93-72-78(99-82(87)68-63-58-53-49-45-41-37-33-30-29-31-35-38-42-46-50-55-59-64-75(5)9-4)74-97-101(90,91)95-70-76(83)69-94-100(88,89)96-73-77(71-92-79(84)65-60-54-15-12-8-3)98-81(86)67-62-57-52-48-44-40-34-25-23-21-19-17-14-11-7-2/h75-78,83H,6-74H2,1-5H3,(H,88,89)(H,90,91)/t75?,76-,77+,78+/m0/s1. The molecule has 0 spiro atoms. The first kappa shape index (κ1) is 99.1. The molecule has 17 nitrogen and oxygen atoms in total. The van der Waals surface area contributed by atoms with Gasteiger partial charge in [-0.05, 0) is 31.6 Å². The van der Waals surface area contributed by atoms with Gasteiger partial charge in [0.1, 0.15) is 19.3 Å². The zero-order valence-corrected chi connectivity index (χ0v) is 67.8. The fourth-order valence-electron chi connectivity index (χ4n) is 12.7. The van der Waals surface area contributed by atoms with Crippen molar-refractivity contribution in [3.63, 3.8) is 0 Å². The molecule has 3 unspecified atom stereocenters. The lowest BCUT2D eigenvalue weighted by molar-refractivity contribution is -0.161. The number of hydrogen-bond acceptors (Lipinski definition) is 15. The Morgan fingerprint density at radius 3 is 0.703 bits per heavy atom. The number of carbonyl (C=O) groups is 4. The summed E-state index contributed by atoms with van der Waals surface area (Å²) in [5, 5.41) is 10.6. The molecule has 0 fully saturated rings. The number of ether oxygens (including phenoxy) is 4. The van der Waals surface area contributed by atoms with Crippen molar-refractivity contribution in [1.29, 1.82) is 0 Å². The largest absolute Gasteiger partial charge is 0.472 e. The number of hydrogen-bond donors (Lipinski definition) is 3. The molecular weight excluding hydrogens is 1320 g/mol. The van der Waals surface area contributed by atoms with Crippen LogP contribution in [0.3, 0.4) is 0 Å². The first-order valence-electron chi connectivity index (χ1n) is 42.7. The van der Waals surface area contributed by atoms with Gasteiger partial charge in [0.25, 0.3) is 0 Å². The molecule has 6 atom stereocenters. The van der Waals surface area contributed by atoms with E-state index in [1.54, 1.807) is 0 Å². The van der Waals surface area contributed by atoms with Crippen molar-refractivity contribution < 1.29 is 80.2 Å². The van der Waals surface area contributed by atoms with Gasteiger partial charge >= 0.3 is 39.5 Å². The first-order chi connectivity index (χ1) is 49.1. The van der Waals surface area contributed by atoms with Gasteiger partial charge in [0.15, 0.2) is 12.2 Å². The van der Waals surface area contributed by atoms with Gasteiger partial charge < -0.3 is 33.8 Å². The Hall–Kier alpha value is -1.94. The molecule has 0 saturated heterocycles. The first-order valence-corrected chi connectivity index (χ1v) is 45.7. The summed E-state index contributed by atoms with van der Waals surface area (Å²) in [6.45, 7) is 7.32. The Morgan fingerprint density at radius 2 is 0.475 bits per heavy atom. The molecule has 0 aliphatic heterocycles. The molecule has 0 aromatic carbocycles. The number of esters is 4. The van der Waals surface area contributed by atoms with Gasteiger partial charge in [-0.15, -0.1) is 0 Å². The smallest absolute Gasteiger partial charge is 0.462 e. The molecule has 0 rings (SSSR count). The molecular formula is C82H160O17P2. The number of carbonyl (C=O) groups excluding carboxylic acids is 4. The lowest BCUT2D eigenvalue weighted by Gasteiger charge is -2.21. The average Bonchev–Trinajstić information content (AvgIpc) is 0.952. The second kappa shape index (κ2) is 74.9. The van der Waals surface area contributed by atoms with Crippen LogP contribution in [0.25, 0.3) is 0 Å². The van der Waals surface area contributed by atoms with Crippen molar-refractivity contribution in [2.45, 2.75) is 457 Å². The number of aliphatic hydroxyl groups excluding tert-OH is 1. The Bertz CT molecular complexity index is 1930. The van der Waals surface area contributed by atoms with E-state index in [9.17, 15) is 43.2 Å². The lowest BCUT2D eigenvalue weighted by Crippen LogP contribution is -2.30. The van der Waals surface area contributed by atoms with E-state index in [0.29, 0.717) is 25.7 Å². The molecule has 101 heavy (non-hydrogen) atoms. The fourth-order valence-corrected chi connectivity index (χ4v) is 14.3. The second-order valence-electron chi connectivity index (χ2n) is 29.8. The van der Waals surface area contributed by atoms with Gasteiger partial charge in [0.05, 0.1) is 26.4 Å². The Balaban J connectivity index is 5.11. The van der Waals surface area contributed by atoms with Crippen LogP contribution in [-0.2, 0) is 65.4 Å². The van der Waals surface area contributed by atoms with Crippen LogP contribution in [-0.4, -0.2) is 96.7 Å². The van der Waals surface area contributed by atoms with E-state index in [0.717, 1.165) is 102 Å². The van der Waals surface area contributed by atoms with Crippen LogP contribution in [0, 0.1) is 5.92 Å². The van der Waals surface area contributed by atoms with Crippen LogP contribution >= 0.6 is 15.6 Å². The van der Waals surface area contributed by atoms with Crippen molar-refractivity contribution >= 4 is 39.5 Å². The molecule has 0 radical (unpaired) electrons. The highest BCUT2D eigenvalue weighted by Crippen LogP contribution is 2.45. The highest BCUT2D eigenvalue weighted by Gasteiger charge is 2.30. The molecule has 19 heteroatoms. The molecule has 600 valence electrons. The average molecular weight is 1480 g/mol. The molecule has 0 bridgehead atoms. The highest BCUT2D eigenvalue weighted by molar-refractivity contribution is 7.47. The quantitative estimate of drug-likeness (QED) is 0.0222. The van der Waals surface area contributed by atoms with Crippen LogP contribution in [0.2, 0.25) is 0 Å². The number of rotatable bonds is 82. The molecule has 0 aliphatic carbocycles. The SMILES string of the molecule is CCCCCCCCCCCCCCCCCCCCCC(=O)OC[C@H](COP(=O)(O)OC[C@@H](O)COP(=O)(O)OC[C@@H](COC(=O)CCCCCCC)OC(=O)CCCCCCCCCCCCCCCCC)OC(=O)CCCCCCCCCCCCCCCCCCCCC(C)CC. The summed E-state index contributed by atoms with van der Waals surface area (Å²) in [6.07, 6.45) is 67.1. The monoisotopic (exact) mass is 1480 g/mol. The molecule has 0 aromatic rings. The lowest BCUT2D eigenvalue weighted by atomic mass is 9.99. The van der Waals surface area contributed by atoms with Gasteiger partial charge in [-0.25, -0.2) is 9.13 Å². The Labute approximate surface area is 619 Å². The normalized spacial score (nSPS) is 14.1. The van der Waals surface area contributed by atoms with Crippen molar-refractivity contribution in [2.75, 3.05) is 39.6 Å². The third-order valence-corrected chi connectivity index (χ3v) is 21.5. The molecule has 0 amide bonds. The Morgan fingerprint density at radius 1 is 0.277 bits per heavy atom. The van der Waals surface area contributed by atoms with E-state index < -0.39 is 97.5 Å². The van der Waals surface area contributed by atoms with Crippen LogP contribution in [0.4, 0.5) is 0 Å². The van der Waals surface area contributed by atoms with E-state index in [1.165, 1.54) is 257 Å². The third-order valence-electron chi connectivity index (χ3n) is 19.6. The predicted molar refractivity (Wildman–Crippen MR) is 414 cm³/mol. The fraction of sp³-hybridized carbons (Fsp3) is 0.951. The maximum Gasteiger partial charge on any atom is 0.472 e. The van der Waals surface area contributed by atoms with E-state index in [2.05, 4.69) is 34.6 Å². The van der Waals surface area contributed by atoms with Crippen LogP contribution in [0.5, 0.6) is 0 Å². The second-order valence-corrected chi connectivity index (χ2v) is 32.7. The predicted octanol–water partition coefficient (Wildman–Crippen LogP) is 24.8. The molecule has 0 aromatic heterocycles. The highest BCUT2D eigenvalue weighted by atomic mass is 31.2. The Kier molecular flexibility index (Phi) is 73.5. The third kappa shape index (κ3) is 74.7. The van der Waals surface area contributed by atoms with Crippen LogP contribution < -0.4 is 0 Å². The zero-order chi connectivity index (χ0) is 74.1. The molecule has 0 saturated carbocycles. The van der Waals surface area contributed by atoms with Gasteiger partial charge in [0.2, 0.25) is 0 Å². The van der Waals surface area contributed by atoms with Crippen molar-refractivity contribution in [1.82, 2.24) is 0 Å². The summed E-state index contributed by atoms with van der Waals surface area (Å²) >= 11 is 0. The van der Waals surface area contributed by atoms with E-state index in [4.69, 9.17) is 37.0 Å². The van der Waals surface area contributed by atoms with Gasteiger partial charge in [-0.1, -0.05) is 388 Å². The van der Waals surface area contributed by atoms with E-state index in [1.807, 2.05) is 0 Å². The maximum absolute atomic E-state index is 13.1. The summed E-state index contributed by atoms with van der Waals surface area (Å²) in [6, 6.07) is 0. The van der Waals surface area contributed by atoms with E-state index in [-0.39, 0.29) is 25.7 Å². The zero-order valence-electron chi connectivity index (χ0n) is 66.1. The summed E-state index contributed by atoms with van der Waals surface area (Å²) in [5.41, 5.74) is 0. The summed E-state index contributed by atoms with van der Waals surface area (Å²) < 4.78 is 68.5. The van der Waals surface area contributed by atoms with Crippen molar-refractivity contribution in [3.05, 3.63) is 0 Å². The molecule has 0 heterocycles. The number of unbranched alkanes of at least 4 members (excludes halogenated alkanes) is 53. The number of aliphatic hydroxyl groups is 1. The van der Waals surface area contributed by atoms with Gasteiger partial charge in [0, 0.05) is 25.7 Å². The minimum atomic E-state index is -4.96. The minimum Gasteiger partial charge on any atom is -0.462 e. The number of phosphoric ester groups is 2. The van der Waals surface area contributed by atoms with Gasteiger partial charge in [-0.3, -0.25) is 37.3 Å². The minimum absolute atomic E-state index is 0.108. The maximum atomic E-state index is 13.1. The summed E-state index contributed by atoms with van der Waals surface area (Å²) in [4.78, 5) is 72.7. The van der Waals surface area contributed by atoms with Gasteiger partial charge in [-0.2, -0.15) is 0 Å². The summed E-state index contributed by atoms with van der Waals surface area (Å²) in [5.74, 6) is -1.25. The van der Waals surface area contributed by atoms with Crippen molar-refractivity contribution in [2.24, 2.45) is 5.92 Å². The number of phosphoric acid groups is 2.